The molecule has 1 saturated heterocycles. The van der Waals surface area contributed by atoms with E-state index in [1.807, 2.05) is 11.8 Å². The molecule has 1 aliphatic rings. The van der Waals surface area contributed by atoms with Gasteiger partial charge in [0.1, 0.15) is 0 Å². The van der Waals surface area contributed by atoms with Crippen molar-refractivity contribution in [2.45, 2.75) is 19.4 Å². The Morgan fingerprint density at radius 1 is 1.22 bits per heavy atom. The van der Waals surface area contributed by atoms with Crippen LogP contribution >= 0.6 is 0 Å². The Morgan fingerprint density at radius 3 is 2.56 bits per heavy atom. The first-order valence-corrected chi connectivity index (χ1v) is 10.2. The molecule has 1 amide bonds. The second-order valence-electron chi connectivity index (χ2n) is 6.20. The Kier molecular flexibility index (Phi) is 5.36. The van der Waals surface area contributed by atoms with Gasteiger partial charge in [-0.2, -0.15) is 0 Å². The zero-order chi connectivity index (χ0) is 19.6. The average Bonchev–Trinajstić information content (AvgIpc) is 2.99. The highest BCUT2D eigenvalue weighted by Crippen LogP contribution is 2.23. The van der Waals surface area contributed by atoms with Crippen LogP contribution in [0, 0.1) is 11.6 Å². The molecule has 10 heteroatoms. The van der Waals surface area contributed by atoms with Crippen molar-refractivity contribution in [3.05, 3.63) is 47.5 Å². The van der Waals surface area contributed by atoms with Crippen LogP contribution in [0.4, 0.5) is 20.4 Å². The van der Waals surface area contributed by atoms with E-state index in [1.54, 1.807) is 6.07 Å². The summed E-state index contributed by atoms with van der Waals surface area (Å²) in [5.41, 5.74) is -0.0499. The number of sulfone groups is 1. The number of benzene rings is 1. The summed E-state index contributed by atoms with van der Waals surface area (Å²) in [6.45, 7) is 2.46. The number of nitrogens with one attached hydrogen (secondary N) is 1. The molecule has 27 heavy (non-hydrogen) atoms. The summed E-state index contributed by atoms with van der Waals surface area (Å²) in [6.07, 6.45) is 0.534. The van der Waals surface area contributed by atoms with Gasteiger partial charge in [-0.3, -0.25) is 4.79 Å². The largest absolute Gasteiger partial charge is 0.351 e. The molecule has 0 aliphatic carbocycles. The molecule has 1 N–H and O–H groups in total. The molecule has 2 aromatic rings. The van der Waals surface area contributed by atoms with E-state index in [0.717, 1.165) is 18.2 Å². The lowest BCUT2D eigenvalue weighted by molar-refractivity contribution is 0.102. The zero-order valence-corrected chi connectivity index (χ0v) is 15.3. The molecular formula is C17H18F2N4O3S. The number of hydrogen-bond donors (Lipinski definition) is 1. The lowest BCUT2D eigenvalue weighted by Crippen LogP contribution is -2.36. The highest BCUT2D eigenvalue weighted by atomic mass is 32.2. The summed E-state index contributed by atoms with van der Waals surface area (Å²) in [4.78, 5) is 13.9. The van der Waals surface area contributed by atoms with Gasteiger partial charge in [0.15, 0.2) is 33.1 Å². The van der Waals surface area contributed by atoms with Crippen molar-refractivity contribution in [1.82, 2.24) is 10.2 Å². The Morgan fingerprint density at radius 2 is 2.00 bits per heavy atom. The minimum atomic E-state index is -3.02. The second-order valence-corrected chi connectivity index (χ2v) is 8.43. The van der Waals surface area contributed by atoms with Gasteiger partial charge in [0.05, 0.1) is 11.5 Å². The van der Waals surface area contributed by atoms with Gasteiger partial charge in [-0.1, -0.05) is 0 Å². The lowest BCUT2D eigenvalue weighted by Gasteiger charge is -2.27. The van der Waals surface area contributed by atoms with Crippen LogP contribution in [0.15, 0.2) is 30.3 Å². The number of amides is 1. The summed E-state index contributed by atoms with van der Waals surface area (Å²) in [6, 6.07) is 5.82. The van der Waals surface area contributed by atoms with Crippen LogP contribution in [0.5, 0.6) is 0 Å². The predicted octanol–water partition coefficient (Wildman–Crippen LogP) is 2.02. The summed E-state index contributed by atoms with van der Waals surface area (Å²) in [5, 5.41) is 10.4. The fourth-order valence-corrected chi connectivity index (χ4v) is 4.73. The molecule has 1 aromatic heterocycles. The zero-order valence-electron chi connectivity index (χ0n) is 14.5. The van der Waals surface area contributed by atoms with E-state index in [9.17, 15) is 22.0 Å². The van der Waals surface area contributed by atoms with Gasteiger partial charge in [-0.15, -0.1) is 10.2 Å². The number of aromatic nitrogens is 2. The van der Waals surface area contributed by atoms with Crippen molar-refractivity contribution in [3.63, 3.8) is 0 Å². The van der Waals surface area contributed by atoms with E-state index in [1.165, 1.54) is 6.07 Å². The maximum atomic E-state index is 13.2. The van der Waals surface area contributed by atoms with Gasteiger partial charge in [0.25, 0.3) is 5.91 Å². The van der Waals surface area contributed by atoms with Crippen LogP contribution in [-0.4, -0.2) is 48.6 Å². The third-order valence-electron chi connectivity index (χ3n) is 4.36. The van der Waals surface area contributed by atoms with Crippen molar-refractivity contribution < 1.29 is 22.0 Å². The molecule has 1 aromatic carbocycles. The predicted molar refractivity (Wildman–Crippen MR) is 96.4 cm³/mol. The smallest absolute Gasteiger partial charge is 0.256 e. The van der Waals surface area contributed by atoms with Crippen molar-refractivity contribution in [3.8, 4) is 0 Å². The molecule has 144 valence electrons. The third-order valence-corrected chi connectivity index (χ3v) is 6.11. The normalized spacial score (nSPS) is 18.3. The number of rotatable bonds is 5. The first-order valence-electron chi connectivity index (χ1n) is 8.36. The molecule has 0 spiro atoms. The van der Waals surface area contributed by atoms with Crippen LogP contribution in [0.2, 0.25) is 0 Å². The number of nitrogens with zero attached hydrogens (tertiary/aromatic N) is 3. The summed E-state index contributed by atoms with van der Waals surface area (Å²) >= 11 is 0. The van der Waals surface area contributed by atoms with Gasteiger partial charge >= 0.3 is 0 Å². The molecule has 0 saturated carbocycles. The maximum absolute atomic E-state index is 13.2. The van der Waals surface area contributed by atoms with Gasteiger partial charge < -0.3 is 10.2 Å². The minimum Gasteiger partial charge on any atom is -0.351 e. The monoisotopic (exact) mass is 396 g/mol. The van der Waals surface area contributed by atoms with Crippen LogP contribution in [0.3, 0.4) is 0 Å². The van der Waals surface area contributed by atoms with Gasteiger partial charge in [-0.25, -0.2) is 17.2 Å². The Bertz CT molecular complexity index is 951. The standard InChI is InChI=1S/C17H18F2N4O3S/c1-2-23(12-7-8-27(25,26)10-12)16-6-5-15(21-22-16)20-17(24)11-3-4-13(18)14(19)9-11/h3-6,9,12H,2,7-8,10H2,1H3,(H,20,21,24). The first-order chi connectivity index (χ1) is 12.8. The van der Waals surface area contributed by atoms with Crippen molar-refractivity contribution in [2.75, 3.05) is 28.3 Å². The summed E-state index contributed by atoms with van der Waals surface area (Å²) in [5.74, 6) is -1.92. The van der Waals surface area contributed by atoms with Crippen molar-refractivity contribution in [2.24, 2.45) is 0 Å². The number of hydrogen-bond acceptors (Lipinski definition) is 6. The Balaban J connectivity index is 1.71. The molecule has 1 unspecified atom stereocenters. The van der Waals surface area contributed by atoms with Crippen molar-refractivity contribution >= 4 is 27.4 Å². The van der Waals surface area contributed by atoms with Crippen molar-refractivity contribution in [1.29, 1.82) is 0 Å². The lowest BCUT2D eigenvalue weighted by atomic mass is 10.2. The second kappa shape index (κ2) is 7.55. The molecule has 3 rings (SSSR count). The number of anilines is 2. The maximum Gasteiger partial charge on any atom is 0.256 e. The molecular weight excluding hydrogens is 378 g/mol. The minimum absolute atomic E-state index is 0.0499. The quantitative estimate of drug-likeness (QED) is 0.831. The highest BCUT2D eigenvalue weighted by molar-refractivity contribution is 7.91. The molecule has 0 bridgehead atoms. The van der Waals surface area contributed by atoms with E-state index in [2.05, 4.69) is 15.5 Å². The van der Waals surface area contributed by atoms with Crippen LogP contribution in [-0.2, 0) is 9.84 Å². The molecule has 2 heterocycles. The van der Waals surface area contributed by atoms with Crippen LogP contribution in [0.25, 0.3) is 0 Å². The fraction of sp³-hybridized carbons (Fsp3) is 0.353. The molecule has 7 nitrogen and oxygen atoms in total. The SMILES string of the molecule is CCN(c1ccc(NC(=O)c2ccc(F)c(F)c2)nn1)C1CCS(=O)(=O)C1. The first kappa shape index (κ1) is 19.2. The molecule has 1 aliphatic heterocycles. The average molecular weight is 396 g/mol. The van der Waals surface area contributed by atoms with Crippen LogP contribution < -0.4 is 10.2 Å². The number of carbonyl (C=O) groups is 1. The third kappa shape index (κ3) is 4.38. The highest BCUT2D eigenvalue weighted by Gasteiger charge is 2.32. The Labute approximate surface area is 155 Å². The topological polar surface area (TPSA) is 92.3 Å². The van der Waals surface area contributed by atoms with E-state index in [-0.39, 0.29) is 28.9 Å². The van der Waals surface area contributed by atoms with E-state index in [0.29, 0.717) is 18.8 Å². The van der Waals surface area contributed by atoms with Gasteiger partial charge in [-0.05, 0) is 43.7 Å². The van der Waals surface area contributed by atoms with Gasteiger partial charge in [0.2, 0.25) is 0 Å². The van der Waals surface area contributed by atoms with E-state index < -0.39 is 27.4 Å². The summed E-state index contributed by atoms with van der Waals surface area (Å²) in [7, 11) is -3.02. The molecule has 1 atom stereocenters. The summed E-state index contributed by atoms with van der Waals surface area (Å²) < 4.78 is 49.6. The number of carbonyl (C=O) groups excluding carboxylic acids is 1. The van der Waals surface area contributed by atoms with Crippen LogP contribution in [0.1, 0.15) is 23.7 Å². The Hall–Kier alpha value is -2.62. The van der Waals surface area contributed by atoms with Gasteiger partial charge in [0, 0.05) is 18.2 Å². The fourth-order valence-electron chi connectivity index (χ4n) is 3.00. The molecule has 1 fully saturated rings. The number of halogens is 2. The van der Waals surface area contributed by atoms with E-state index in [4.69, 9.17) is 0 Å². The molecule has 0 radical (unpaired) electrons. The van der Waals surface area contributed by atoms with E-state index >= 15 is 0 Å².